The molecular formula is C19H20N4OS. The van der Waals surface area contributed by atoms with Crippen molar-refractivity contribution in [2.45, 2.75) is 38.8 Å². The topological polar surface area (TPSA) is 62.7 Å². The van der Waals surface area contributed by atoms with Crippen LogP contribution in [0.4, 0.5) is 0 Å². The highest BCUT2D eigenvalue weighted by Gasteiger charge is 2.24. The first-order valence-electron chi connectivity index (χ1n) is 8.66. The molecule has 0 saturated heterocycles. The van der Waals surface area contributed by atoms with Gasteiger partial charge in [0.25, 0.3) is 5.91 Å². The molecule has 3 aromatic rings. The predicted molar refractivity (Wildman–Crippen MR) is 100 cm³/mol. The second-order valence-corrected chi connectivity index (χ2v) is 6.77. The van der Waals surface area contributed by atoms with Gasteiger partial charge in [-0.05, 0) is 24.8 Å². The van der Waals surface area contributed by atoms with Crippen molar-refractivity contribution in [3.63, 3.8) is 0 Å². The number of amides is 1. The van der Waals surface area contributed by atoms with Crippen LogP contribution in [-0.4, -0.2) is 20.4 Å². The van der Waals surface area contributed by atoms with Crippen LogP contribution in [0.5, 0.6) is 0 Å². The number of rotatable bonds is 3. The lowest BCUT2D eigenvalue weighted by Crippen LogP contribution is -2.24. The Morgan fingerprint density at radius 1 is 1.24 bits per heavy atom. The summed E-state index contributed by atoms with van der Waals surface area (Å²) in [5.41, 5.74) is 4.58. The molecule has 2 aromatic heterocycles. The number of hydrogen-bond donors (Lipinski definition) is 2. The average molecular weight is 352 g/mol. The van der Waals surface area contributed by atoms with Crippen molar-refractivity contribution in [2.24, 2.45) is 0 Å². The summed E-state index contributed by atoms with van der Waals surface area (Å²) >= 11 is 5.44. The third kappa shape index (κ3) is 2.98. The molecule has 0 spiro atoms. The third-order valence-electron chi connectivity index (χ3n) is 4.78. The SMILES string of the molecule is O=C(NCc1ccccc1)c1c2n(c3c(=S)nc[nH]c13)CCCCC2. The first-order chi connectivity index (χ1) is 12.3. The molecule has 6 heteroatoms. The van der Waals surface area contributed by atoms with E-state index in [9.17, 15) is 4.79 Å². The van der Waals surface area contributed by atoms with Gasteiger partial charge in [0.05, 0.1) is 17.4 Å². The summed E-state index contributed by atoms with van der Waals surface area (Å²) in [4.78, 5) is 20.4. The Balaban J connectivity index is 1.75. The average Bonchev–Trinajstić information content (AvgIpc) is 2.78. The van der Waals surface area contributed by atoms with Crippen LogP contribution in [0.15, 0.2) is 36.7 Å². The zero-order valence-corrected chi connectivity index (χ0v) is 14.7. The fourth-order valence-electron chi connectivity index (χ4n) is 3.60. The predicted octanol–water partition coefficient (Wildman–Crippen LogP) is 3.75. The molecule has 25 heavy (non-hydrogen) atoms. The molecule has 1 aromatic carbocycles. The van der Waals surface area contributed by atoms with Crippen LogP contribution in [0, 0.1) is 4.64 Å². The molecule has 0 aliphatic carbocycles. The second kappa shape index (κ2) is 6.80. The van der Waals surface area contributed by atoms with Crippen LogP contribution >= 0.6 is 12.2 Å². The van der Waals surface area contributed by atoms with Gasteiger partial charge in [0, 0.05) is 18.8 Å². The van der Waals surface area contributed by atoms with E-state index < -0.39 is 0 Å². The van der Waals surface area contributed by atoms with Gasteiger partial charge in [-0.25, -0.2) is 4.98 Å². The molecule has 0 radical (unpaired) electrons. The van der Waals surface area contributed by atoms with Crippen molar-refractivity contribution in [3.8, 4) is 0 Å². The zero-order valence-electron chi connectivity index (χ0n) is 13.9. The summed E-state index contributed by atoms with van der Waals surface area (Å²) in [7, 11) is 0. The number of aromatic nitrogens is 3. The van der Waals surface area contributed by atoms with Gasteiger partial charge in [0.2, 0.25) is 0 Å². The Bertz CT molecular complexity index is 974. The highest BCUT2D eigenvalue weighted by atomic mass is 32.1. The Labute approximate surface area is 151 Å². The Morgan fingerprint density at radius 2 is 2.08 bits per heavy atom. The number of carbonyl (C=O) groups excluding carboxylic acids is 1. The first kappa shape index (κ1) is 16.0. The Kier molecular flexibility index (Phi) is 4.36. The minimum atomic E-state index is -0.0543. The summed E-state index contributed by atoms with van der Waals surface area (Å²) in [6.45, 7) is 1.40. The van der Waals surface area contributed by atoms with Crippen LogP contribution in [0.2, 0.25) is 0 Å². The quantitative estimate of drug-likeness (QED) is 0.706. The van der Waals surface area contributed by atoms with E-state index >= 15 is 0 Å². The van der Waals surface area contributed by atoms with Gasteiger partial charge in [0.1, 0.15) is 5.52 Å². The van der Waals surface area contributed by atoms with Crippen LogP contribution in [0.3, 0.4) is 0 Å². The van der Waals surface area contributed by atoms with Crippen molar-refractivity contribution in [3.05, 3.63) is 58.1 Å². The van der Waals surface area contributed by atoms with Gasteiger partial charge in [-0.3, -0.25) is 4.79 Å². The van der Waals surface area contributed by atoms with Gasteiger partial charge in [-0.2, -0.15) is 0 Å². The molecule has 1 amide bonds. The molecule has 0 unspecified atom stereocenters. The summed E-state index contributed by atoms with van der Waals surface area (Å²) in [6.07, 6.45) is 5.84. The molecule has 0 bridgehead atoms. The fraction of sp³-hybridized carbons (Fsp3) is 0.316. The van der Waals surface area contributed by atoms with E-state index in [-0.39, 0.29) is 5.91 Å². The van der Waals surface area contributed by atoms with Gasteiger partial charge >= 0.3 is 0 Å². The summed E-state index contributed by atoms with van der Waals surface area (Å²) in [6, 6.07) is 9.94. The van der Waals surface area contributed by atoms with Gasteiger partial charge in [0.15, 0.2) is 4.64 Å². The van der Waals surface area contributed by atoms with Crippen molar-refractivity contribution in [2.75, 3.05) is 0 Å². The molecule has 4 rings (SSSR count). The number of aromatic amines is 1. The minimum Gasteiger partial charge on any atom is -0.348 e. The Morgan fingerprint density at radius 3 is 2.92 bits per heavy atom. The number of aryl methyl sites for hydroxylation is 1. The number of hydrogen-bond acceptors (Lipinski definition) is 3. The minimum absolute atomic E-state index is 0.0543. The fourth-order valence-corrected chi connectivity index (χ4v) is 3.87. The van der Waals surface area contributed by atoms with E-state index in [2.05, 4.69) is 19.9 Å². The monoisotopic (exact) mass is 352 g/mol. The summed E-state index contributed by atoms with van der Waals surface area (Å²) in [5, 5.41) is 3.06. The lowest BCUT2D eigenvalue weighted by molar-refractivity contribution is 0.0951. The standard InChI is InChI=1S/C19H20N4OS/c24-18(20-11-13-7-3-1-4-8-13)15-14-9-5-2-6-10-23(14)17-16(15)21-12-22-19(17)25/h1,3-4,7-8,12H,2,5-6,9-11H2,(H,20,24)(H,21,22,25). The van der Waals surface area contributed by atoms with E-state index in [1.807, 2.05) is 30.3 Å². The molecule has 1 aliphatic rings. The third-order valence-corrected chi connectivity index (χ3v) is 5.08. The highest BCUT2D eigenvalue weighted by Crippen LogP contribution is 2.29. The van der Waals surface area contributed by atoms with Crippen LogP contribution in [0.1, 0.15) is 40.9 Å². The summed E-state index contributed by atoms with van der Waals surface area (Å²) < 4.78 is 2.75. The molecule has 0 saturated carbocycles. The van der Waals surface area contributed by atoms with E-state index in [1.165, 1.54) is 6.42 Å². The molecule has 0 atom stereocenters. The van der Waals surface area contributed by atoms with Crippen LogP contribution in [-0.2, 0) is 19.5 Å². The van der Waals surface area contributed by atoms with E-state index in [0.717, 1.165) is 53.7 Å². The molecular weight excluding hydrogens is 332 g/mol. The van der Waals surface area contributed by atoms with Crippen molar-refractivity contribution in [1.82, 2.24) is 19.9 Å². The molecule has 1 aliphatic heterocycles. The van der Waals surface area contributed by atoms with Crippen LogP contribution < -0.4 is 5.32 Å². The molecule has 2 N–H and O–H groups in total. The maximum absolute atomic E-state index is 13.0. The van der Waals surface area contributed by atoms with Crippen molar-refractivity contribution in [1.29, 1.82) is 0 Å². The number of H-pyrrole nitrogens is 1. The molecule has 3 heterocycles. The lowest BCUT2D eigenvalue weighted by atomic mass is 10.1. The van der Waals surface area contributed by atoms with Crippen molar-refractivity contribution < 1.29 is 4.79 Å². The smallest absolute Gasteiger partial charge is 0.255 e. The number of carbonyl (C=O) groups is 1. The van der Waals surface area contributed by atoms with Gasteiger partial charge < -0.3 is 14.9 Å². The number of benzene rings is 1. The zero-order chi connectivity index (χ0) is 17.2. The normalized spacial score (nSPS) is 14.1. The largest absolute Gasteiger partial charge is 0.348 e. The van der Waals surface area contributed by atoms with Crippen LogP contribution in [0.25, 0.3) is 11.0 Å². The van der Waals surface area contributed by atoms with E-state index in [0.29, 0.717) is 11.2 Å². The van der Waals surface area contributed by atoms with E-state index in [1.54, 1.807) is 6.33 Å². The maximum atomic E-state index is 13.0. The Hall–Kier alpha value is -2.47. The summed E-state index contributed by atoms with van der Waals surface area (Å²) in [5.74, 6) is -0.0543. The maximum Gasteiger partial charge on any atom is 0.255 e. The second-order valence-electron chi connectivity index (χ2n) is 6.38. The highest BCUT2D eigenvalue weighted by molar-refractivity contribution is 7.71. The number of nitrogens with one attached hydrogen (secondary N) is 2. The van der Waals surface area contributed by atoms with Gasteiger partial charge in [-0.15, -0.1) is 0 Å². The lowest BCUT2D eigenvalue weighted by Gasteiger charge is -2.08. The molecule has 0 fully saturated rings. The number of fused-ring (bicyclic) bond motifs is 3. The molecule has 5 nitrogen and oxygen atoms in total. The number of nitrogens with zero attached hydrogens (tertiary/aromatic N) is 2. The first-order valence-corrected chi connectivity index (χ1v) is 9.07. The van der Waals surface area contributed by atoms with Gasteiger partial charge in [-0.1, -0.05) is 49.0 Å². The molecule has 128 valence electrons. The van der Waals surface area contributed by atoms with Crippen molar-refractivity contribution >= 4 is 29.2 Å². The van der Waals surface area contributed by atoms with E-state index in [4.69, 9.17) is 12.2 Å².